The van der Waals surface area contributed by atoms with Gasteiger partial charge in [-0.3, -0.25) is 9.59 Å². The minimum absolute atomic E-state index is 0.0596. The van der Waals surface area contributed by atoms with Gasteiger partial charge < -0.3 is 14.2 Å². The van der Waals surface area contributed by atoms with Crippen LogP contribution in [-0.4, -0.2) is 36.9 Å². The van der Waals surface area contributed by atoms with Crippen LogP contribution in [0.5, 0.6) is 0 Å². The summed E-state index contributed by atoms with van der Waals surface area (Å²) in [5, 5.41) is 0. The minimum Gasteiger partial charge on any atom is -0.469 e. The van der Waals surface area contributed by atoms with E-state index in [0.29, 0.717) is 12.5 Å². The van der Waals surface area contributed by atoms with Gasteiger partial charge in [-0.25, -0.2) is 0 Å². The molecule has 0 aromatic rings. The van der Waals surface area contributed by atoms with Crippen molar-refractivity contribution in [3.8, 4) is 0 Å². The number of hydrogen-bond donors (Lipinski definition) is 0. The molecule has 1 saturated carbocycles. The van der Waals surface area contributed by atoms with E-state index >= 15 is 0 Å². The maximum Gasteiger partial charge on any atom is 0.308 e. The number of allylic oxidation sites excluding steroid dienone is 1. The van der Waals surface area contributed by atoms with Crippen molar-refractivity contribution in [1.82, 2.24) is 0 Å². The lowest BCUT2D eigenvalue weighted by molar-refractivity contribution is -0.202. The quantitative estimate of drug-likeness (QED) is 0.402. The maximum absolute atomic E-state index is 12.4. The van der Waals surface area contributed by atoms with Crippen LogP contribution in [0.15, 0.2) is 11.6 Å². The summed E-state index contributed by atoms with van der Waals surface area (Å²) in [6, 6.07) is 0. The van der Waals surface area contributed by atoms with Gasteiger partial charge >= 0.3 is 11.9 Å². The molecular formula is C26H42O5. The second kappa shape index (κ2) is 8.53. The molecule has 5 nitrogen and oxygen atoms in total. The smallest absolute Gasteiger partial charge is 0.308 e. The minimum atomic E-state index is -0.510. The molecular weight excluding hydrogens is 392 g/mol. The average Bonchev–Trinajstić information content (AvgIpc) is 3.08. The molecule has 31 heavy (non-hydrogen) atoms. The number of fused-ring (bicyclic) bond motifs is 2. The van der Waals surface area contributed by atoms with Crippen LogP contribution in [0, 0.1) is 22.7 Å². The second-order valence-electron chi connectivity index (χ2n) is 11.1. The number of rotatable bonds is 6. The molecule has 3 rings (SSSR count). The highest BCUT2D eigenvalue weighted by atomic mass is 16.5. The topological polar surface area (TPSA) is 61.8 Å². The zero-order chi connectivity index (χ0) is 23.1. The third-order valence-corrected chi connectivity index (χ3v) is 9.01. The zero-order valence-electron chi connectivity index (χ0n) is 20.6. The molecule has 0 amide bonds. The molecule has 5 heteroatoms. The van der Waals surface area contributed by atoms with E-state index in [0.717, 1.165) is 44.9 Å². The molecule has 2 aliphatic carbocycles. The molecule has 3 aliphatic rings. The van der Waals surface area contributed by atoms with Crippen LogP contribution >= 0.6 is 0 Å². The fourth-order valence-corrected chi connectivity index (χ4v) is 6.78. The first-order valence-corrected chi connectivity index (χ1v) is 12.1. The third-order valence-electron chi connectivity index (χ3n) is 9.01. The number of esters is 2. The highest BCUT2D eigenvalue weighted by Gasteiger charge is 2.65. The molecule has 0 N–H and O–H groups in total. The predicted octanol–water partition coefficient (Wildman–Crippen LogP) is 5.61. The Kier molecular flexibility index (Phi) is 6.68. The van der Waals surface area contributed by atoms with E-state index in [1.807, 2.05) is 13.8 Å². The molecule has 1 aliphatic heterocycles. The largest absolute Gasteiger partial charge is 0.469 e. The lowest BCUT2D eigenvalue weighted by Gasteiger charge is -2.61. The van der Waals surface area contributed by atoms with Crippen molar-refractivity contribution in [2.45, 2.75) is 104 Å². The Bertz CT molecular complexity index is 744. The van der Waals surface area contributed by atoms with Crippen LogP contribution in [0.4, 0.5) is 0 Å². The van der Waals surface area contributed by atoms with Crippen molar-refractivity contribution in [3.63, 3.8) is 0 Å². The van der Waals surface area contributed by atoms with Gasteiger partial charge in [-0.05, 0) is 63.9 Å². The average molecular weight is 435 g/mol. The Hall–Kier alpha value is -1.36. The number of hydrogen-bond acceptors (Lipinski definition) is 5. The highest BCUT2D eigenvalue weighted by molar-refractivity contribution is 5.72. The predicted molar refractivity (Wildman–Crippen MR) is 120 cm³/mol. The lowest BCUT2D eigenvalue weighted by Crippen LogP contribution is -2.60. The first kappa shape index (κ1) is 24.3. The van der Waals surface area contributed by atoms with Crippen LogP contribution < -0.4 is 0 Å². The molecule has 1 heterocycles. The molecule has 1 spiro atoms. The van der Waals surface area contributed by atoms with Gasteiger partial charge in [-0.2, -0.15) is 0 Å². The molecule has 1 saturated heterocycles. The van der Waals surface area contributed by atoms with E-state index in [2.05, 4.69) is 33.8 Å². The number of carbonyl (C=O) groups excluding carboxylic acids is 2. The van der Waals surface area contributed by atoms with Gasteiger partial charge in [-0.1, -0.05) is 40.2 Å². The summed E-state index contributed by atoms with van der Waals surface area (Å²) in [7, 11) is 1.44. The van der Waals surface area contributed by atoms with E-state index in [-0.39, 0.29) is 40.7 Å². The SMILES string of the molecule is CC[C@@H](C)C(=O)OC[C@]1(C)CCC[C@@]2(C)[C@H]1CC=C(C)[C@]21CC[C@](C)(CC(=O)OC)O1. The lowest BCUT2D eigenvalue weighted by atomic mass is 9.46. The van der Waals surface area contributed by atoms with Crippen LogP contribution in [0.25, 0.3) is 0 Å². The summed E-state index contributed by atoms with van der Waals surface area (Å²) in [5.41, 5.74) is 0.270. The molecule has 0 unspecified atom stereocenters. The Morgan fingerprint density at radius 2 is 1.90 bits per heavy atom. The molecule has 0 radical (unpaired) electrons. The van der Waals surface area contributed by atoms with Gasteiger partial charge in [0.1, 0.15) is 0 Å². The van der Waals surface area contributed by atoms with Crippen LogP contribution in [0.1, 0.15) is 92.9 Å². The van der Waals surface area contributed by atoms with Crippen molar-refractivity contribution in [3.05, 3.63) is 11.6 Å². The Balaban J connectivity index is 1.88. The van der Waals surface area contributed by atoms with Gasteiger partial charge in [0.25, 0.3) is 0 Å². The van der Waals surface area contributed by atoms with E-state index in [1.165, 1.54) is 12.7 Å². The molecule has 0 aromatic heterocycles. The van der Waals surface area contributed by atoms with E-state index in [9.17, 15) is 9.59 Å². The van der Waals surface area contributed by atoms with Gasteiger partial charge in [0, 0.05) is 10.8 Å². The Morgan fingerprint density at radius 1 is 1.19 bits per heavy atom. The van der Waals surface area contributed by atoms with Gasteiger partial charge in [0.2, 0.25) is 0 Å². The third kappa shape index (κ3) is 4.07. The summed E-state index contributed by atoms with van der Waals surface area (Å²) >= 11 is 0. The summed E-state index contributed by atoms with van der Waals surface area (Å²) < 4.78 is 17.7. The van der Waals surface area contributed by atoms with Crippen molar-refractivity contribution in [1.29, 1.82) is 0 Å². The molecule has 176 valence electrons. The fraction of sp³-hybridized carbons (Fsp3) is 0.846. The standard InChI is InChI=1S/C26H42O5/c1-8-18(2)22(28)30-17-23(4)12-9-13-25(6)20(23)11-10-19(3)26(25)15-14-24(5,31-26)16-21(27)29-7/h10,18,20H,8-9,11-17H2,1-7H3/t18-,20+,23+,24-,25+,26-/m1/s1. The van der Waals surface area contributed by atoms with Gasteiger partial charge in [-0.15, -0.1) is 0 Å². The first-order valence-electron chi connectivity index (χ1n) is 12.1. The van der Waals surface area contributed by atoms with Crippen molar-refractivity contribution < 1.29 is 23.8 Å². The van der Waals surface area contributed by atoms with E-state index in [1.54, 1.807) is 0 Å². The van der Waals surface area contributed by atoms with Crippen LogP contribution in [0.3, 0.4) is 0 Å². The maximum atomic E-state index is 12.4. The zero-order valence-corrected chi connectivity index (χ0v) is 20.6. The van der Waals surface area contributed by atoms with E-state index in [4.69, 9.17) is 14.2 Å². The molecule has 2 fully saturated rings. The van der Waals surface area contributed by atoms with Crippen molar-refractivity contribution in [2.24, 2.45) is 22.7 Å². The monoisotopic (exact) mass is 434 g/mol. The van der Waals surface area contributed by atoms with Gasteiger partial charge in [0.05, 0.1) is 37.3 Å². The summed E-state index contributed by atoms with van der Waals surface area (Å²) in [4.78, 5) is 24.5. The van der Waals surface area contributed by atoms with Crippen LogP contribution in [0.2, 0.25) is 0 Å². The Morgan fingerprint density at radius 3 is 2.55 bits per heavy atom. The first-order chi connectivity index (χ1) is 14.5. The summed E-state index contributed by atoms with van der Waals surface area (Å²) in [6.45, 7) is 13.3. The highest BCUT2D eigenvalue weighted by Crippen LogP contribution is 2.66. The number of carbonyl (C=O) groups is 2. The van der Waals surface area contributed by atoms with Crippen molar-refractivity contribution in [2.75, 3.05) is 13.7 Å². The Labute approximate surface area is 188 Å². The summed E-state index contributed by atoms with van der Waals surface area (Å²) in [5.74, 6) is -0.00147. The molecule has 0 aromatic carbocycles. The number of ether oxygens (including phenoxy) is 3. The molecule has 6 atom stereocenters. The van der Waals surface area contributed by atoms with Crippen molar-refractivity contribution >= 4 is 11.9 Å². The van der Waals surface area contributed by atoms with E-state index < -0.39 is 5.60 Å². The molecule has 0 bridgehead atoms. The van der Waals surface area contributed by atoms with Crippen LogP contribution in [-0.2, 0) is 23.8 Å². The second-order valence-corrected chi connectivity index (χ2v) is 11.1. The summed E-state index contributed by atoms with van der Waals surface area (Å²) in [6.07, 6.45) is 9.41. The number of methoxy groups -OCH3 is 1. The van der Waals surface area contributed by atoms with Gasteiger partial charge in [0.15, 0.2) is 0 Å². The fourth-order valence-electron chi connectivity index (χ4n) is 6.78. The normalized spacial score (nSPS) is 40.7.